The molecule has 0 saturated carbocycles. The molecule has 2 aliphatic heterocycles. The molecule has 0 spiro atoms. The van der Waals surface area contributed by atoms with Crippen LogP contribution in [-0.2, 0) is 24.8 Å². The van der Waals surface area contributed by atoms with Crippen molar-refractivity contribution in [3.8, 4) is 0 Å². The molecule has 1 aromatic carbocycles. The summed E-state index contributed by atoms with van der Waals surface area (Å²) in [7, 11) is -7.83. The van der Waals surface area contributed by atoms with E-state index in [1.165, 1.54) is 29.6 Å². The molecule has 4 rings (SSSR count). The summed E-state index contributed by atoms with van der Waals surface area (Å²) in [6.07, 6.45) is 3.70. The Morgan fingerprint density at radius 2 is 1.77 bits per heavy atom. The van der Waals surface area contributed by atoms with Gasteiger partial charge in [-0.1, -0.05) is 30.4 Å². The van der Waals surface area contributed by atoms with Gasteiger partial charge in [0.25, 0.3) is 0 Å². The molecule has 118 valence electrons. The third-order valence-electron chi connectivity index (χ3n) is 4.23. The number of fused-ring (bicyclic) bond motifs is 3. The molecule has 0 bridgehead atoms. The van der Waals surface area contributed by atoms with Gasteiger partial charge in [0.15, 0.2) is 4.08 Å². The first-order valence-corrected chi connectivity index (χ1v) is 11.2. The Kier molecular flexibility index (Phi) is 2.81. The summed E-state index contributed by atoms with van der Waals surface area (Å²) < 4.78 is 46.1. The van der Waals surface area contributed by atoms with E-state index in [-0.39, 0.29) is 15.4 Å². The zero-order valence-electron chi connectivity index (χ0n) is 11.0. The standard InChI is InChI=1S/C12H12N2O4S4/c13-21(15,16)9-4-2-1-3-7(9)11-6-5-8-10(19-8)12(11,20-11)22(14,17)18/h1-6,8,10H,(H2,13,15,16)(H2,14,17,18). The molecule has 1 aliphatic carbocycles. The average Bonchev–Trinajstić information content (AvgIpc) is 3.28. The van der Waals surface area contributed by atoms with Gasteiger partial charge in [0.1, 0.15) is 0 Å². The predicted molar refractivity (Wildman–Crippen MR) is 87.2 cm³/mol. The first-order chi connectivity index (χ1) is 10.1. The Hall–Kier alpha value is -0.520. The van der Waals surface area contributed by atoms with Gasteiger partial charge in [-0.3, -0.25) is 0 Å². The lowest BCUT2D eigenvalue weighted by atomic mass is 9.88. The molecule has 2 fully saturated rings. The second-order valence-electron chi connectivity index (χ2n) is 5.47. The predicted octanol–water partition coefficient (Wildman–Crippen LogP) is 0.315. The van der Waals surface area contributed by atoms with Gasteiger partial charge < -0.3 is 0 Å². The topological polar surface area (TPSA) is 120 Å². The van der Waals surface area contributed by atoms with Crippen LogP contribution in [0.15, 0.2) is 41.3 Å². The molecular weight excluding hydrogens is 364 g/mol. The van der Waals surface area contributed by atoms with Crippen molar-refractivity contribution in [2.75, 3.05) is 0 Å². The molecule has 10 heteroatoms. The highest BCUT2D eigenvalue weighted by Gasteiger charge is 2.84. The Bertz CT molecular complexity index is 926. The van der Waals surface area contributed by atoms with E-state index in [4.69, 9.17) is 10.3 Å². The maximum Gasteiger partial charge on any atom is 0.238 e. The van der Waals surface area contributed by atoms with Crippen LogP contribution in [0, 0.1) is 0 Å². The molecule has 6 nitrogen and oxygen atoms in total. The number of nitrogens with two attached hydrogens (primary N) is 2. The highest BCUT2D eigenvalue weighted by atomic mass is 32.3. The number of benzene rings is 1. The molecule has 4 atom stereocenters. The number of hydrogen-bond donors (Lipinski definition) is 2. The number of sulfonamides is 2. The maximum atomic E-state index is 12.3. The molecule has 1 aromatic rings. The molecule has 0 radical (unpaired) electrons. The van der Waals surface area contributed by atoms with Gasteiger partial charge in [0.2, 0.25) is 20.0 Å². The van der Waals surface area contributed by atoms with Crippen molar-refractivity contribution in [1.82, 2.24) is 0 Å². The smallest absolute Gasteiger partial charge is 0.227 e. The van der Waals surface area contributed by atoms with Crippen molar-refractivity contribution < 1.29 is 16.8 Å². The van der Waals surface area contributed by atoms with Crippen molar-refractivity contribution in [3.63, 3.8) is 0 Å². The van der Waals surface area contributed by atoms with Gasteiger partial charge in [-0.05, 0) is 11.6 Å². The quantitative estimate of drug-likeness (QED) is 0.579. The summed E-state index contributed by atoms with van der Waals surface area (Å²) in [6, 6.07) is 6.24. The van der Waals surface area contributed by atoms with Gasteiger partial charge in [0, 0.05) is 5.25 Å². The van der Waals surface area contributed by atoms with Crippen molar-refractivity contribution in [2.45, 2.75) is 24.2 Å². The fraction of sp³-hybridized carbons (Fsp3) is 0.333. The van der Waals surface area contributed by atoms with E-state index in [1.807, 2.05) is 6.08 Å². The number of primary sulfonamides is 2. The fourth-order valence-corrected chi connectivity index (χ4v) is 10.0. The molecule has 22 heavy (non-hydrogen) atoms. The molecule has 2 saturated heterocycles. The first kappa shape index (κ1) is 15.0. The van der Waals surface area contributed by atoms with Crippen LogP contribution in [0.3, 0.4) is 0 Å². The number of rotatable bonds is 3. The SMILES string of the molecule is NS(=O)(=O)c1ccccc1C12C=CC3SC3C1(S(N)(=O)=O)S2. The summed E-state index contributed by atoms with van der Waals surface area (Å²) >= 11 is 2.73. The first-order valence-electron chi connectivity index (χ1n) is 6.33. The van der Waals surface area contributed by atoms with Gasteiger partial charge in [-0.25, -0.2) is 27.1 Å². The largest absolute Gasteiger partial charge is 0.238 e. The van der Waals surface area contributed by atoms with E-state index in [0.29, 0.717) is 5.56 Å². The molecule has 0 aromatic heterocycles. The van der Waals surface area contributed by atoms with Crippen LogP contribution in [-0.4, -0.2) is 31.4 Å². The number of thioether (sulfide) groups is 2. The van der Waals surface area contributed by atoms with E-state index >= 15 is 0 Å². The van der Waals surface area contributed by atoms with Gasteiger partial charge >= 0.3 is 0 Å². The van der Waals surface area contributed by atoms with E-state index < -0.39 is 28.9 Å². The van der Waals surface area contributed by atoms with Crippen molar-refractivity contribution in [3.05, 3.63) is 42.0 Å². The van der Waals surface area contributed by atoms with Crippen LogP contribution in [0.2, 0.25) is 0 Å². The Morgan fingerprint density at radius 3 is 2.41 bits per heavy atom. The third kappa shape index (κ3) is 1.70. The van der Waals surface area contributed by atoms with Crippen molar-refractivity contribution in [2.24, 2.45) is 10.3 Å². The fourth-order valence-electron chi connectivity index (χ4n) is 3.22. The van der Waals surface area contributed by atoms with Gasteiger partial charge in [0.05, 0.1) is 14.9 Å². The van der Waals surface area contributed by atoms with Crippen LogP contribution in [0.5, 0.6) is 0 Å². The van der Waals surface area contributed by atoms with Crippen LogP contribution in [0.25, 0.3) is 0 Å². The zero-order chi connectivity index (χ0) is 16.0. The molecular formula is C12H12N2O4S4. The molecule has 4 unspecified atom stereocenters. The Morgan fingerprint density at radius 1 is 1.09 bits per heavy atom. The molecule has 0 amide bonds. The monoisotopic (exact) mass is 376 g/mol. The van der Waals surface area contributed by atoms with Crippen molar-refractivity contribution in [1.29, 1.82) is 0 Å². The second-order valence-corrected chi connectivity index (χ2v) is 11.8. The minimum atomic E-state index is -3.96. The van der Waals surface area contributed by atoms with Crippen LogP contribution >= 0.6 is 23.5 Å². The van der Waals surface area contributed by atoms with E-state index in [1.54, 1.807) is 24.3 Å². The third-order valence-corrected chi connectivity index (χ3v) is 11.0. The van der Waals surface area contributed by atoms with E-state index in [2.05, 4.69) is 0 Å². The number of hydrogen-bond acceptors (Lipinski definition) is 6. The summed E-state index contributed by atoms with van der Waals surface area (Å²) in [5.41, 5.74) is 0.388. The molecule has 3 aliphatic rings. The Labute approximate surface area is 136 Å². The summed E-state index contributed by atoms with van der Waals surface area (Å²) in [4.78, 5) is -0.0539. The van der Waals surface area contributed by atoms with Crippen LogP contribution in [0.1, 0.15) is 5.56 Å². The maximum absolute atomic E-state index is 12.3. The molecule has 2 heterocycles. The highest BCUT2D eigenvalue weighted by Crippen LogP contribution is 2.82. The highest BCUT2D eigenvalue weighted by molar-refractivity contribution is 8.24. The summed E-state index contributed by atoms with van der Waals surface area (Å²) in [5, 5.41) is 10.8. The molecule has 4 N–H and O–H groups in total. The summed E-state index contributed by atoms with van der Waals surface area (Å²) in [6.45, 7) is 0. The summed E-state index contributed by atoms with van der Waals surface area (Å²) in [5.74, 6) is 0. The van der Waals surface area contributed by atoms with Crippen LogP contribution in [0.4, 0.5) is 0 Å². The van der Waals surface area contributed by atoms with E-state index in [0.717, 1.165) is 0 Å². The van der Waals surface area contributed by atoms with E-state index in [9.17, 15) is 16.8 Å². The minimum Gasteiger partial charge on any atom is -0.227 e. The normalized spacial score (nSPS) is 39.0. The van der Waals surface area contributed by atoms with Gasteiger partial charge in [-0.15, -0.1) is 23.5 Å². The van der Waals surface area contributed by atoms with Crippen LogP contribution < -0.4 is 10.3 Å². The lowest BCUT2D eigenvalue weighted by molar-refractivity contribution is 0.563. The minimum absolute atomic E-state index is 0.0539. The van der Waals surface area contributed by atoms with Gasteiger partial charge in [-0.2, -0.15) is 0 Å². The Balaban J connectivity index is 1.99. The second kappa shape index (κ2) is 4.11. The van der Waals surface area contributed by atoms with Crippen molar-refractivity contribution >= 4 is 43.6 Å². The lowest BCUT2D eigenvalue weighted by Gasteiger charge is -2.23. The lowest BCUT2D eigenvalue weighted by Crippen LogP contribution is -2.43. The average molecular weight is 377 g/mol. The zero-order valence-corrected chi connectivity index (χ0v) is 14.3.